The van der Waals surface area contributed by atoms with Gasteiger partial charge in [-0.2, -0.15) is 0 Å². The zero-order chi connectivity index (χ0) is 23.2. The molecule has 0 radical (unpaired) electrons. The lowest BCUT2D eigenvalue weighted by Gasteiger charge is -2.13. The fraction of sp³-hybridized carbons (Fsp3) is 0.0800. The second kappa shape index (κ2) is 10.4. The molecule has 1 saturated heterocycles. The number of hydrogen-bond donors (Lipinski definition) is 0. The van der Waals surface area contributed by atoms with Crippen molar-refractivity contribution in [3.63, 3.8) is 0 Å². The summed E-state index contributed by atoms with van der Waals surface area (Å²) in [5, 5.41) is 0.169. The summed E-state index contributed by atoms with van der Waals surface area (Å²) in [6.45, 7) is 0.348. The van der Waals surface area contributed by atoms with Gasteiger partial charge in [0.05, 0.1) is 17.0 Å². The number of benzene rings is 3. The zero-order valence-electron chi connectivity index (χ0n) is 17.3. The number of halogens is 1. The van der Waals surface area contributed by atoms with Crippen LogP contribution in [0.4, 0.5) is 4.79 Å². The van der Waals surface area contributed by atoms with Crippen LogP contribution in [0.25, 0.3) is 6.08 Å². The number of para-hydroxylation sites is 1. The molecule has 4 rings (SSSR count). The molecular formula is C25H18ClNO5S. The molecule has 3 aromatic rings. The van der Waals surface area contributed by atoms with E-state index in [1.54, 1.807) is 66.7 Å². The fourth-order valence-electron chi connectivity index (χ4n) is 3.04. The predicted octanol–water partition coefficient (Wildman–Crippen LogP) is 5.67. The van der Waals surface area contributed by atoms with E-state index in [0.29, 0.717) is 32.6 Å². The van der Waals surface area contributed by atoms with Gasteiger partial charge >= 0.3 is 5.97 Å². The Morgan fingerprint density at radius 2 is 1.67 bits per heavy atom. The van der Waals surface area contributed by atoms with Crippen LogP contribution in [0.15, 0.2) is 83.8 Å². The van der Waals surface area contributed by atoms with Crippen molar-refractivity contribution in [3.05, 3.63) is 99.9 Å². The van der Waals surface area contributed by atoms with Crippen LogP contribution in [0.1, 0.15) is 15.9 Å². The number of carbonyl (C=O) groups is 3. The maximum Gasteiger partial charge on any atom is 0.343 e. The molecule has 0 saturated carbocycles. The van der Waals surface area contributed by atoms with E-state index in [1.807, 2.05) is 18.2 Å². The first kappa shape index (κ1) is 22.6. The van der Waals surface area contributed by atoms with Gasteiger partial charge in [-0.25, -0.2) is 4.79 Å². The third-order valence-electron chi connectivity index (χ3n) is 4.65. The fourth-order valence-corrected chi connectivity index (χ4v) is 4.03. The van der Waals surface area contributed by atoms with Gasteiger partial charge in [0.1, 0.15) is 18.1 Å². The van der Waals surface area contributed by atoms with E-state index >= 15 is 0 Å². The molecule has 0 atom stereocenters. The molecule has 1 aliphatic rings. The van der Waals surface area contributed by atoms with Gasteiger partial charge < -0.3 is 9.47 Å². The lowest BCUT2D eigenvalue weighted by molar-refractivity contribution is -0.123. The average molecular weight is 480 g/mol. The van der Waals surface area contributed by atoms with Gasteiger partial charge in [-0.3, -0.25) is 14.5 Å². The van der Waals surface area contributed by atoms with Crippen LogP contribution < -0.4 is 9.47 Å². The van der Waals surface area contributed by atoms with Crippen molar-refractivity contribution >= 4 is 46.6 Å². The van der Waals surface area contributed by atoms with E-state index < -0.39 is 5.97 Å². The Balaban J connectivity index is 1.40. The van der Waals surface area contributed by atoms with Crippen molar-refractivity contribution in [2.75, 3.05) is 13.2 Å². The van der Waals surface area contributed by atoms with E-state index in [0.717, 1.165) is 16.7 Å². The van der Waals surface area contributed by atoms with Crippen LogP contribution in [-0.2, 0) is 4.79 Å². The van der Waals surface area contributed by atoms with Crippen LogP contribution in [0.5, 0.6) is 11.5 Å². The van der Waals surface area contributed by atoms with Crippen LogP contribution in [0, 0.1) is 0 Å². The maximum absolute atomic E-state index is 12.7. The minimum atomic E-state index is -0.525. The molecule has 0 spiro atoms. The third kappa shape index (κ3) is 5.83. The topological polar surface area (TPSA) is 72.9 Å². The van der Waals surface area contributed by atoms with Gasteiger partial charge in [0.25, 0.3) is 11.1 Å². The summed E-state index contributed by atoms with van der Waals surface area (Å²) in [5.74, 6) is 0.0805. The third-order valence-corrected chi connectivity index (χ3v) is 5.81. The second-order valence-electron chi connectivity index (χ2n) is 6.96. The minimum absolute atomic E-state index is 0.148. The Labute approximate surface area is 199 Å². The SMILES string of the molecule is O=C(Oc1cccc(/C=C2\SC(=O)N(CCOc3ccccc3)C2=O)c1)c1ccc(Cl)cc1. The molecule has 166 valence electrons. The van der Waals surface area contributed by atoms with Crippen molar-refractivity contribution in [3.8, 4) is 11.5 Å². The number of ether oxygens (including phenoxy) is 2. The molecule has 1 fully saturated rings. The summed E-state index contributed by atoms with van der Waals surface area (Å²) in [5.41, 5.74) is 0.992. The van der Waals surface area contributed by atoms with Crippen LogP contribution in [0.3, 0.4) is 0 Å². The number of imide groups is 1. The highest BCUT2D eigenvalue weighted by Crippen LogP contribution is 2.32. The summed E-state index contributed by atoms with van der Waals surface area (Å²) in [7, 11) is 0. The van der Waals surface area contributed by atoms with Crippen molar-refractivity contribution in [2.45, 2.75) is 0 Å². The molecule has 0 aliphatic carbocycles. The number of nitrogens with zero attached hydrogens (tertiary/aromatic N) is 1. The van der Waals surface area contributed by atoms with E-state index in [1.165, 1.54) is 0 Å². The molecule has 1 heterocycles. The molecule has 0 unspecified atom stereocenters. The Morgan fingerprint density at radius 3 is 2.42 bits per heavy atom. The summed E-state index contributed by atoms with van der Waals surface area (Å²) in [4.78, 5) is 38.8. The molecular weight excluding hydrogens is 462 g/mol. The van der Waals surface area contributed by atoms with E-state index in [4.69, 9.17) is 21.1 Å². The summed E-state index contributed by atoms with van der Waals surface area (Å²) >= 11 is 6.71. The molecule has 0 bridgehead atoms. The van der Waals surface area contributed by atoms with Gasteiger partial charge in [0.2, 0.25) is 0 Å². The summed E-state index contributed by atoms with van der Waals surface area (Å²) in [6, 6.07) is 22.3. The smallest absolute Gasteiger partial charge is 0.343 e. The number of rotatable bonds is 7. The van der Waals surface area contributed by atoms with Crippen LogP contribution in [-0.4, -0.2) is 35.2 Å². The van der Waals surface area contributed by atoms with E-state index in [-0.39, 0.29) is 24.3 Å². The lowest BCUT2D eigenvalue weighted by atomic mass is 10.2. The van der Waals surface area contributed by atoms with Crippen molar-refractivity contribution in [1.29, 1.82) is 0 Å². The Kier molecular flexibility index (Phi) is 7.12. The zero-order valence-corrected chi connectivity index (χ0v) is 18.8. The number of esters is 1. The lowest BCUT2D eigenvalue weighted by Crippen LogP contribution is -2.32. The van der Waals surface area contributed by atoms with Gasteiger partial charge in [0, 0.05) is 5.02 Å². The summed E-state index contributed by atoms with van der Waals surface area (Å²) < 4.78 is 11.0. The van der Waals surface area contributed by atoms with Crippen molar-refractivity contribution in [1.82, 2.24) is 4.90 Å². The molecule has 8 heteroatoms. The molecule has 33 heavy (non-hydrogen) atoms. The van der Waals surface area contributed by atoms with E-state index in [2.05, 4.69) is 0 Å². The molecule has 2 amide bonds. The first-order valence-electron chi connectivity index (χ1n) is 10.0. The summed E-state index contributed by atoms with van der Waals surface area (Å²) in [6.07, 6.45) is 1.60. The largest absolute Gasteiger partial charge is 0.492 e. The first-order chi connectivity index (χ1) is 16.0. The maximum atomic E-state index is 12.7. The van der Waals surface area contributed by atoms with E-state index in [9.17, 15) is 14.4 Å². The van der Waals surface area contributed by atoms with Crippen LogP contribution in [0.2, 0.25) is 5.02 Å². The average Bonchev–Trinajstić information content (AvgIpc) is 3.07. The number of thioether (sulfide) groups is 1. The minimum Gasteiger partial charge on any atom is -0.492 e. The highest BCUT2D eigenvalue weighted by Gasteiger charge is 2.34. The molecule has 1 aliphatic heterocycles. The molecule has 0 aromatic heterocycles. The second-order valence-corrected chi connectivity index (χ2v) is 8.39. The number of amides is 2. The Bertz CT molecular complexity index is 1210. The van der Waals surface area contributed by atoms with Gasteiger partial charge in [-0.05, 0) is 71.9 Å². The highest BCUT2D eigenvalue weighted by atomic mass is 35.5. The number of carbonyl (C=O) groups excluding carboxylic acids is 3. The molecule has 0 N–H and O–H groups in total. The van der Waals surface area contributed by atoms with Crippen molar-refractivity contribution < 1.29 is 23.9 Å². The first-order valence-corrected chi connectivity index (χ1v) is 11.2. The number of hydrogen-bond acceptors (Lipinski definition) is 6. The normalized spacial score (nSPS) is 14.6. The standard InChI is InChI=1S/C25H18ClNO5S/c26-19-11-9-18(10-12-19)24(29)32-21-8-4-5-17(15-21)16-22-23(28)27(25(30)33-22)13-14-31-20-6-2-1-3-7-20/h1-12,15-16H,13-14H2/b22-16-. The highest BCUT2D eigenvalue weighted by molar-refractivity contribution is 8.18. The molecule has 3 aromatic carbocycles. The van der Waals surface area contributed by atoms with Gasteiger partial charge in [-0.1, -0.05) is 41.9 Å². The van der Waals surface area contributed by atoms with Crippen LogP contribution >= 0.6 is 23.4 Å². The van der Waals surface area contributed by atoms with Crippen molar-refractivity contribution in [2.24, 2.45) is 0 Å². The molecule has 6 nitrogen and oxygen atoms in total. The predicted molar refractivity (Wildman–Crippen MR) is 127 cm³/mol. The Morgan fingerprint density at radius 1 is 0.939 bits per heavy atom. The quantitative estimate of drug-likeness (QED) is 0.247. The Hall–Kier alpha value is -3.55. The monoisotopic (exact) mass is 479 g/mol. The van der Waals surface area contributed by atoms with Gasteiger partial charge in [0.15, 0.2) is 0 Å². The van der Waals surface area contributed by atoms with Gasteiger partial charge in [-0.15, -0.1) is 0 Å².